The Balaban J connectivity index is 1.86. The van der Waals surface area contributed by atoms with Crippen LogP contribution < -0.4 is 4.74 Å². The summed E-state index contributed by atoms with van der Waals surface area (Å²) in [7, 11) is 1.72. The quantitative estimate of drug-likeness (QED) is 0.808. The van der Waals surface area contributed by atoms with Crippen molar-refractivity contribution < 1.29 is 9.53 Å². The molecule has 0 aliphatic carbocycles. The van der Waals surface area contributed by atoms with Crippen LogP contribution in [0.3, 0.4) is 0 Å². The minimum absolute atomic E-state index is 0.140. The Kier molecular flexibility index (Phi) is 5.74. The van der Waals surface area contributed by atoms with Crippen LogP contribution in [0.5, 0.6) is 5.75 Å². The maximum atomic E-state index is 12.2. The fourth-order valence-electron chi connectivity index (χ4n) is 1.68. The monoisotopic (exact) mass is 339 g/mol. The zero-order valence-electron chi connectivity index (χ0n) is 12.7. The summed E-state index contributed by atoms with van der Waals surface area (Å²) >= 11 is 7.22. The molecule has 22 heavy (non-hydrogen) atoms. The molecule has 0 bridgehead atoms. The summed E-state index contributed by atoms with van der Waals surface area (Å²) in [5.41, 5.74) is 0. The highest BCUT2D eigenvalue weighted by atomic mass is 35.5. The van der Waals surface area contributed by atoms with E-state index in [0.29, 0.717) is 28.9 Å². The van der Waals surface area contributed by atoms with Crippen LogP contribution in [0.15, 0.2) is 24.3 Å². The number of benzene rings is 1. The first-order valence-electron chi connectivity index (χ1n) is 6.94. The molecule has 1 aromatic heterocycles. The first-order chi connectivity index (χ1) is 10.5. The van der Waals surface area contributed by atoms with Crippen molar-refractivity contribution in [3.63, 3.8) is 0 Å². The molecular formula is C15H18ClN3O2S. The van der Waals surface area contributed by atoms with E-state index in [1.165, 1.54) is 11.3 Å². The van der Waals surface area contributed by atoms with Crippen LogP contribution in [0.2, 0.25) is 5.02 Å². The molecule has 1 amide bonds. The Bertz CT molecular complexity index is 645. The van der Waals surface area contributed by atoms with Gasteiger partial charge in [0.15, 0.2) is 0 Å². The number of aromatic nitrogens is 2. The van der Waals surface area contributed by atoms with Crippen LogP contribution in [0.1, 0.15) is 34.6 Å². The van der Waals surface area contributed by atoms with Gasteiger partial charge in [-0.2, -0.15) is 0 Å². The molecule has 5 nitrogen and oxygen atoms in total. The smallest absolute Gasteiger partial charge is 0.284 e. The molecule has 0 unspecified atom stereocenters. The maximum Gasteiger partial charge on any atom is 0.284 e. The lowest BCUT2D eigenvalue weighted by molar-refractivity contribution is 0.0772. The number of rotatable bonds is 6. The van der Waals surface area contributed by atoms with Crippen molar-refractivity contribution in [3.05, 3.63) is 39.3 Å². The number of hydrogen-bond donors (Lipinski definition) is 0. The van der Waals surface area contributed by atoms with E-state index >= 15 is 0 Å². The van der Waals surface area contributed by atoms with E-state index in [1.54, 1.807) is 24.1 Å². The van der Waals surface area contributed by atoms with E-state index in [4.69, 9.17) is 16.3 Å². The average molecular weight is 340 g/mol. The SMILES string of the molecule is CC(C)c1nnc(C(=O)N(C)CCOc2cccc(Cl)c2)s1. The van der Waals surface area contributed by atoms with Crippen LogP contribution in [0.25, 0.3) is 0 Å². The molecule has 0 saturated carbocycles. The van der Waals surface area contributed by atoms with Crippen LogP contribution in [0, 0.1) is 0 Å². The van der Waals surface area contributed by atoms with Crippen molar-refractivity contribution in [1.29, 1.82) is 0 Å². The third-order valence-electron chi connectivity index (χ3n) is 2.96. The van der Waals surface area contributed by atoms with Crippen LogP contribution in [0.4, 0.5) is 0 Å². The minimum Gasteiger partial charge on any atom is -0.492 e. The van der Waals surface area contributed by atoms with Crippen molar-refractivity contribution >= 4 is 28.8 Å². The molecule has 0 radical (unpaired) electrons. The molecule has 0 N–H and O–H groups in total. The van der Waals surface area contributed by atoms with Gasteiger partial charge in [-0.15, -0.1) is 10.2 Å². The van der Waals surface area contributed by atoms with Gasteiger partial charge in [0.05, 0.1) is 6.54 Å². The summed E-state index contributed by atoms with van der Waals surface area (Å²) in [6.07, 6.45) is 0. The van der Waals surface area contributed by atoms with Crippen molar-refractivity contribution in [2.75, 3.05) is 20.2 Å². The van der Waals surface area contributed by atoms with Crippen LogP contribution >= 0.6 is 22.9 Å². The van der Waals surface area contributed by atoms with E-state index < -0.39 is 0 Å². The molecule has 118 valence electrons. The number of nitrogens with zero attached hydrogens (tertiary/aromatic N) is 3. The molecule has 0 aliphatic rings. The number of halogens is 1. The van der Waals surface area contributed by atoms with Crippen molar-refractivity contribution in [2.24, 2.45) is 0 Å². The van der Waals surface area contributed by atoms with Gasteiger partial charge >= 0.3 is 0 Å². The minimum atomic E-state index is -0.140. The van der Waals surface area contributed by atoms with E-state index in [1.807, 2.05) is 26.0 Å². The van der Waals surface area contributed by atoms with Gasteiger partial charge < -0.3 is 9.64 Å². The molecule has 2 rings (SSSR count). The molecule has 1 heterocycles. The Morgan fingerprint density at radius 3 is 2.82 bits per heavy atom. The Hall–Kier alpha value is -1.66. The van der Waals surface area contributed by atoms with Gasteiger partial charge in [-0.1, -0.05) is 42.9 Å². The summed E-state index contributed by atoms with van der Waals surface area (Å²) in [6.45, 7) is 4.90. The first kappa shape index (κ1) is 16.7. The summed E-state index contributed by atoms with van der Waals surface area (Å²) in [6, 6.07) is 7.17. The molecule has 2 aromatic rings. The highest BCUT2D eigenvalue weighted by Gasteiger charge is 2.18. The lowest BCUT2D eigenvalue weighted by Crippen LogP contribution is -2.30. The molecule has 1 aromatic carbocycles. The van der Waals surface area contributed by atoms with Crippen molar-refractivity contribution in [2.45, 2.75) is 19.8 Å². The Morgan fingerprint density at radius 1 is 1.41 bits per heavy atom. The molecular weight excluding hydrogens is 322 g/mol. The third kappa shape index (κ3) is 4.42. The van der Waals surface area contributed by atoms with Gasteiger partial charge in [0, 0.05) is 18.0 Å². The topological polar surface area (TPSA) is 55.3 Å². The first-order valence-corrected chi connectivity index (χ1v) is 8.14. The van der Waals surface area contributed by atoms with Gasteiger partial charge in [0.25, 0.3) is 5.91 Å². The predicted molar refractivity (Wildman–Crippen MR) is 87.9 cm³/mol. The van der Waals surface area contributed by atoms with Gasteiger partial charge in [0.2, 0.25) is 5.01 Å². The van der Waals surface area contributed by atoms with Crippen molar-refractivity contribution in [3.8, 4) is 5.75 Å². The second-order valence-electron chi connectivity index (χ2n) is 5.13. The third-order valence-corrected chi connectivity index (χ3v) is 4.40. The number of ether oxygens (including phenoxy) is 1. The van der Waals surface area contributed by atoms with Gasteiger partial charge in [-0.05, 0) is 18.2 Å². The second kappa shape index (κ2) is 7.56. The van der Waals surface area contributed by atoms with Crippen LogP contribution in [-0.2, 0) is 0 Å². The molecule has 0 spiro atoms. The number of carbonyl (C=O) groups is 1. The lowest BCUT2D eigenvalue weighted by Gasteiger charge is -2.15. The Morgan fingerprint density at radius 2 is 2.18 bits per heavy atom. The summed E-state index contributed by atoms with van der Waals surface area (Å²) in [4.78, 5) is 13.8. The standard InChI is InChI=1S/C15H18ClN3O2S/c1-10(2)13-17-18-14(22-13)15(20)19(3)7-8-21-12-6-4-5-11(16)9-12/h4-6,9-10H,7-8H2,1-3H3. The lowest BCUT2D eigenvalue weighted by atomic mass is 10.2. The van der Waals surface area contributed by atoms with Gasteiger partial charge in [0.1, 0.15) is 17.4 Å². The molecule has 7 heteroatoms. The van der Waals surface area contributed by atoms with E-state index in [2.05, 4.69) is 10.2 Å². The zero-order chi connectivity index (χ0) is 16.1. The largest absolute Gasteiger partial charge is 0.492 e. The second-order valence-corrected chi connectivity index (χ2v) is 6.58. The van der Waals surface area contributed by atoms with E-state index in [9.17, 15) is 4.79 Å². The van der Waals surface area contributed by atoms with Gasteiger partial charge in [-0.25, -0.2) is 0 Å². The number of hydrogen-bond acceptors (Lipinski definition) is 5. The van der Waals surface area contributed by atoms with Crippen molar-refractivity contribution in [1.82, 2.24) is 15.1 Å². The normalized spacial score (nSPS) is 10.8. The number of carbonyl (C=O) groups excluding carboxylic acids is 1. The molecule has 0 aliphatic heterocycles. The van der Waals surface area contributed by atoms with E-state index in [0.717, 1.165) is 5.01 Å². The number of amides is 1. The van der Waals surface area contributed by atoms with Gasteiger partial charge in [-0.3, -0.25) is 4.79 Å². The number of likely N-dealkylation sites (N-methyl/N-ethyl adjacent to an activating group) is 1. The molecule has 0 atom stereocenters. The van der Waals surface area contributed by atoms with Crippen LogP contribution in [-0.4, -0.2) is 41.2 Å². The fraction of sp³-hybridized carbons (Fsp3) is 0.400. The highest BCUT2D eigenvalue weighted by molar-refractivity contribution is 7.13. The van der Waals surface area contributed by atoms with E-state index in [-0.39, 0.29) is 11.8 Å². The highest BCUT2D eigenvalue weighted by Crippen LogP contribution is 2.20. The average Bonchev–Trinajstić information content (AvgIpc) is 2.96. The summed E-state index contributed by atoms with van der Waals surface area (Å²) in [5.74, 6) is 0.820. The zero-order valence-corrected chi connectivity index (χ0v) is 14.3. The molecule has 0 fully saturated rings. The predicted octanol–water partition coefficient (Wildman–Crippen LogP) is 3.47. The molecule has 0 saturated heterocycles. The maximum absolute atomic E-state index is 12.2. The Labute approximate surface area is 138 Å². The fourth-order valence-corrected chi connectivity index (χ4v) is 2.70. The summed E-state index contributed by atoms with van der Waals surface area (Å²) < 4.78 is 5.58. The summed E-state index contributed by atoms with van der Waals surface area (Å²) in [5, 5.41) is 9.89.